The smallest absolute Gasteiger partial charge is 0.156 e. The van der Waals surface area contributed by atoms with Crippen molar-refractivity contribution in [3.63, 3.8) is 0 Å². The van der Waals surface area contributed by atoms with Gasteiger partial charge in [-0.3, -0.25) is 4.79 Å². The first-order chi connectivity index (χ1) is 5.77. The van der Waals surface area contributed by atoms with Gasteiger partial charge in [-0.05, 0) is 18.3 Å². The van der Waals surface area contributed by atoms with Crippen molar-refractivity contribution in [1.82, 2.24) is 0 Å². The second-order valence-electron chi connectivity index (χ2n) is 5.10. The van der Waals surface area contributed by atoms with Gasteiger partial charge in [0.2, 0.25) is 0 Å². The molecule has 2 fully saturated rings. The SMILES string of the molecule is CC1(C)C(=O)[C@]2(Br)CC[C@@]1(C)[C@H]2Br. The molecule has 0 amide bonds. The van der Waals surface area contributed by atoms with Crippen LogP contribution in [0.1, 0.15) is 33.6 Å². The molecule has 0 aromatic rings. The highest BCUT2D eigenvalue weighted by Crippen LogP contribution is 2.68. The maximum absolute atomic E-state index is 12.1. The van der Waals surface area contributed by atoms with E-state index in [9.17, 15) is 4.79 Å². The van der Waals surface area contributed by atoms with Gasteiger partial charge >= 0.3 is 0 Å². The van der Waals surface area contributed by atoms with Crippen LogP contribution in [0.2, 0.25) is 0 Å². The third-order valence-corrected chi connectivity index (χ3v) is 7.96. The first kappa shape index (κ1) is 10.2. The molecule has 74 valence electrons. The van der Waals surface area contributed by atoms with Crippen molar-refractivity contribution in [1.29, 1.82) is 0 Å². The van der Waals surface area contributed by atoms with Crippen molar-refractivity contribution in [2.75, 3.05) is 0 Å². The number of fused-ring (bicyclic) bond motifs is 2. The van der Waals surface area contributed by atoms with Crippen LogP contribution in [0.25, 0.3) is 0 Å². The third-order valence-electron chi connectivity index (χ3n) is 4.34. The number of ketones is 1. The van der Waals surface area contributed by atoms with E-state index in [0.717, 1.165) is 12.8 Å². The van der Waals surface area contributed by atoms with E-state index in [4.69, 9.17) is 0 Å². The highest BCUT2D eigenvalue weighted by molar-refractivity contribution is 9.13. The number of alkyl halides is 2. The Labute approximate surface area is 95.9 Å². The summed E-state index contributed by atoms with van der Waals surface area (Å²) in [5.74, 6) is 0.371. The van der Waals surface area contributed by atoms with Gasteiger partial charge in [0.25, 0.3) is 0 Å². The average Bonchev–Trinajstić information content (AvgIpc) is 2.34. The van der Waals surface area contributed by atoms with Gasteiger partial charge in [-0.15, -0.1) is 0 Å². The van der Waals surface area contributed by atoms with E-state index in [1.807, 2.05) is 0 Å². The molecule has 2 saturated carbocycles. The zero-order valence-electron chi connectivity index (χ0n) is 8.16. The van der Waals surface area contributed by atoms with Crippen LogP contribution >= 0.6 is 31.9 Å². The molecule has 2 aliphatic rings. The second-order valence-corrected chi connectivity index (χ2v) is 7.43. The number of carbonyl (C=O) groups is 1. The summed E-state index contributed by atoms with van der Waals surface area (Å²) in [5, 5.41) is 0. The molecule has 0 aromatic heterocycles. The van der Waals surface area contributed by atoms with Gasteiger partial charge < -0.3 is 0 Å². The summed E-state index contributed by atoms with van der Waals surface area (Å²) in [7, 11) is 0. The zero-order chi connectivity index (χ0) is 10.1. The molecule has 3 heteroatoms. The Balaban J connectivity index is 2.59. The summed E-state index contributed by atoms with van der Waals surface area (Å²) in [6.07, 6.45) is 2.11. The Hall–Kier alpha value is 0.630. The minimum absolute atomic E-state index is 0.119. The van der Waals surface area contributed by atoms with E-state index in [-0.39, 0.29) is 20.0 Å². The summed E-state index contributed by atoms with van der Waals surface area (Å²) in [4.78, 5) is 12.4. The Morgan fingerprint density at radius 3 is 2.08 bits per heavy atom. The Bertz CT molecular complexity index is 280. The second kappa shape index (κ2) is 2.41. The van der Waals surface area contributed by atoms with E-state index in [1.165, 1.54) is 0 Å². The van der Waals surface area contributed by atoms with Crippen molar-refractivity contribution < 1.29 is 4.79 Å². The molecule has 0 heterocycles. The van der Waals surface area contributed by atoms with E-state index >= 15 is 0 Å². The molecule has 0 radical (unpaired) electrons. The maximum atomic E-state index is 12.1. The first-order valence-corrected chi connectivity index (χ1v) is 6.35. The minimum Gasteiger partial charge on any atom is -0.297 e. The van der Waals surface area contributed by atoms with Crippen LogP contribution in [0.5, 0.6) is 0 Å². The predicted octanol–water partition coefficient (Wildman–Crippen LogP) is 3.29. The van der Waals surface area contributed by atoms with Crippen molar-refractivity contribution in [2.45, 2.75) is 42.8 Å². The lowest BCUT2D eigenvalue weighted by molar-refractivity contribution is -0.131. The van der Waals surface area contributed by atoms with Gasteiger partial charge in [-0.25, -0.2) is 0 Å². The van der Waals surface area contributed by atoms with E-state index in [0.29, 0.717) is 5.78 Å². The molecule has 1 nitrogen and oxygen atoms in total. The summed E-state index contributed by atoms with van der Waals surface area (Å²) in [6.45, 7) is 6.37. The molecule has 0 aromatic carbocycles. The molecule has 2 aliphatic carbocycles. The van der Waals surface area contributed by atoms with Crippen LogP contribution < -0.4 is 0 Å². The van der Waals surface area contributed by atoms with E-state index < -0.39 is 0 Å². The summed E-state index contributed by atoms with van der Waals surface area (Å²) in [5.41, 5.74) is -0.0729. The fourth-order valence-corrected chi connectivity index (χ4v) is 5.27. The van der Waals surface area contributed by atoms with Gasteiger partial charge in [-0.1, -0.05) is 52.6 Å². The number of halogens is 2. The van der Waals surface area contributed by atoms with Crippen LogP contribution in [-0.4, -0.2) is 14.9 Å². The lowest BCUT2D eigenvalue weighted by atomic mass is 9.66. The third kappa shape index (κ3) is 0.865. The lowest BCUT2D eigenvalue weighted by Crippen LogP contribution is -2.41. The Kier molecular flexibility index (Phi) is 1.88. The number of hydrogen-bond acceptors (Lipinski definition) is 1. The van der Waals surface area contributed by atoms with Crippen LogP contribution in [-0.2, 0) is 4.79 Å². The fourth-order valence-electron chi connectivity index (χ4n) is 2.84. The molecule has 0 unspecified atom stereocenters. The molecule has 0 saturated heterocycles. The van der Waals surface area contributed by atoms with Crippen LogP contribution in [0, 0.1) is 10.8 Å². The molecule has 3 atom stereocenters. The Morgan fingerprint density at radius 2 is 1.85 bits per heavy atom. The predicted molar refractivity (Wildman–Crippen MR) is 60.5 cm³/mol. The molecule has 0 aliphatic heterocycles. The molecule has 0 spiro atoms. The van der Waals surface area contributed by atoms with Gasteiger partial charge in [0.1, 0.15) is 0 Å². The molecule has 2 rings (SSSR count). The number of hydrogen-bond donors (Lipinski definition) is 0. The standard InChI is InChI=1S/C10H14Br2O/c1-8(2)7(13)10(12)5-4-9(8,3)6(10)11/h6H,4-5H2,1-3H3/t6-,9+,10+/m1/s1. The van der Waals surface area contributed by atoms with Gasteiger partial charge in [0.05, 0.1) is 4.32 Å². The van der Waals surface area contributed by atoms with Gasteiger partial charge in [0.15, 0.2) is 5.78 Å². The highest BCUT2D eigenvalue weighted by atomic mass is 79.9. The Morgan fingerprint density at radius 1 is 1.31 bits per heavy atom. The highest BCUT2D eigenvalue weighted by Gasteiger charge is 2.72. The largest absolute Gasteiger partial charge is 0.297 e. The molecular formula is C10H14Br2O. The van der Waals surface area contributed by atoms with Crippen LogP contribution in [0.3, 0.4) is 0 Å². The van der Waals surface area contributed by atoms with Crippen LogP contribution in [0.15, 0.2) is 0 Å². The number of rotatable bonds is 0. The van der Waals surface area contributed by atoms with E-state index in [2.05, 4.69) is 52.6 Å². The average molecular weight is 310 g/mol. The van der Waals surface area contributed by atoms with Crippen LogP contribution in [0.4, 0.5) is 0 Å². The molecular weight excluding hydrogens is 296 g/mol. The maximum Gasteiger partial charge on any atom is 0.156 e. The van der Waals surface area contributed by atoms with Crippen molar-refractivity contribution in [3.05, 3.63) is 0 Å². The quantitative estimate of drug-likeness (QED) is 0.628. The minimum atomic E-state index is -0.286. The fraction of sp³-hybridized carbons (Fsp3) is 0.900. The lowest BCUT2D eigenvalue weighted by Gasteiger charge is -2.38. The van der Waals surface area contributed by atoms with Gasteiger partial charge in [-0.2, -0.15) is 0 Å². The topological polar surface area (TPSA) is 17.1 Å². The summed E-state index contributed by atoms with van der Waals surface area (Å²) in [6, 6.07) is 0. The summed E-state index contributed by atoms with van der Waals surface area (Å²) < 4.78 is -0.286. The van der Waals surface area contributed by atoms with Gasteiger partial charge in [0, 0.05) is 10.2 Å². The molecule has 0 N–H and O–H groups in total. The summed E-state index contributed by atoms with van der Waals surface area (Å²) >= 11 is 7.32. The normalized spacial score (nSPS) is 53.0. The van der Waals surface area contributed by atoms with E-state index in [1.54, 1.807) is 0 Å². The van der Waals surface area contributed by atoms with Crippen molar-refractivity contribution in [2.24, 2.45) is 10.8 Å². The molecule has 2 bridgehead atoms. The number of Topliss-reactive ketones (excluding diaryl/α,β-unsaturated/α-hetero) is 1. The van der Waals surface area contributed by atoms with Crippen molar-refractivity contribution in [3.8, 4) is 0 Å². The first-order valence-electron chi connectivity index (χ1n) is 4.65. The monoisotopic (exact) mass is 308 g/mol. The zero-order valence-corrected chi connectivity index (χ0v) is 11.3. The number of carbonyl (C=O) groups excluding carboxylic acids is 1. The van der Waals surface area contributed by atoms with Crippen molar-refractivity contribution >= 4 is 37.6 Å². The molecule has 13 heavy (non-hydrogen) atoms.